The molecule has 9 heavy (non-hydrogen) atoms. The number of hydrogen-bond acceptors (Lipinski definition) is 1. The van der Waals surface area contributed by atoms with Gasteiger partial charge in [-0.15, -0.1) is 12.6 Å². The highest BCUT2D eigenvalue weighted by molar-refractivity contribution is 7.97. The Hall–Kier alpha value is -0.500. The van der Waals surface area contributed by atoms with E-state index >= 15 is 0 Å². The zero-order valence-electron chi connectivity index (χ0n) is 5.76. The number of allylic oxidation sites excluding steroid dienone is 1. The van der Waals surface area contributed by atoms with Crippen LogP contribution in [0.5, 0.6) is 0 Å². The van der Waals surface area contributed by atoms with Crippen molar-refractivity contribution in [3.8, 4) is 0 Å². The fourth-order valence-corrected chi connectivity index (χ4v) is 0.528. The second-order valence-corrected chi connectivity index (χ2v) is 2.03. The maximum Gasteiger partial charge on any atom is 0.0954 e. The molecule has 0 saturated carbocycles. The predicted molar refractivity (Wildman–Crippen MR) is 46.0 cm³/mol. The molecule has 0 radical (unpaired) electrons. The van der Waals surface area contributed by atoms with E-state index in [0.29, 0.717) is 0 Å². The molecule has 2 heteroatoms. The molecule has 0 aromatic heterocycles. The van der Waals surface area contributed by atoms with Gasteiger partial charge in [0.15, 0.2) is 0 Å². The third-order valence-electron chi connectivity index (χ3n) is 0.999. The fraction of sp³-hybridized carbons (Fsp3) is 0.286. The molecular formula is C7H11NS. The van der Waals surface area contributed by atoms with Crippen molar-refractivity contribution in [2.75, 3.05) is 0 Å². The number of hydrogen-bond donors (Lipinski definition) is 1. The molecule has 0 N–H and O–H groups in total. The van der Waals surface area contributed by atoms with Crippen LogP contribution in [0.4, 0.5) is 0 Å². The van der Waals surface area contributed by atoms with Crippen molar-refractivity contribution in [2.24, 2.45) is 4.99 Å². The quantitative estimate of drug-likeness (QED) is 0.344. The summed E-state index contributed by atoms with van der Waals surface area (Å²) in [6.07, 6.45) is 3.44. The van der Waals surface area contributed by atoms with Crippen LogP contribution in [-0.4, -0.2) is 5.04 Å². The first-order valence-corrected chi connectivity index (χ1v) is 3.18. The maximum atomic E-state index is 4.10. The van der Waals surface area contributed by atoms with Gasteiger partial charge >= 0.3 is 0 Å². The first-order chi connectivity index (χ1) is 4.22. The molecule has 0 unspecified atom stereocenters. The first kappa shape index (κ1) is 8.50. The van der Waals surface area contributed by atoms with Gasteiger partial charge in [0.1, 0.15) is 0 Å². The summed E-state index contributed by atoms with van der Waals surface area (Å²) in [5, 5.41) is 0.729. The van der Waals surface area contributed by atoms with Gasteiger partial charge in [0.05, 0.1) is 5.04 Å². The van der Waals surface area contributed by atoms with Crippen LogP contribution in [0.1, 0.15) is 13.8 Å². The van der Waals surface area contributed by atoms with Crippen molar-refractivity contribution < 1.29 is 0 Å². The second-order valence-electron chi connectivity index (χ2n) is 1.61. The van der Waals surface area contributed by atoms with E-state index in [9.17, 15) is 0 Å². The zero-order chi connectivity index (χ0) is 7.28. The molecule has 0 aliphatic carbocycles. The average molecular weight is 141 g/mol. The molecule has 50 valence electrons. The third-order valence-corrected chi connectivity index (χ3v) is 1.47. The van der Waals surface area contributed by atoms with Crippen LogP contribution in [0.2, 0.25) is 0 Å². The van der Waals surface area contributed by atoms with Crippen molar-refractivity contribution in [1.82, 2.24) is 0 Å². The first-order valence-electron chi connectivity index (χ1n) is 2.73. The lowest BCUT2D eigenvalue weighted by atomic mass is 10.3. The summed E-state index contributed by atoms with van der Waals surface area (Å²) < 4.78 is 0. The SMILES string of the molecule is C=C/N=C(S)\C(C)=C/C. The summed E-state index contributed by atoms with van der Waals surface area (Å²) in [5.74, 6) is 0. The Morgan fingerprint density at radius 2 is 2.22 bits per heavy atom. The monoisotopic (exact) mass is 141 g/mol. The van der Waals surface area contributed by atoms with E-state index in [1.54, 1.807) is 0 Å². The lowest BCUT2D eigenvalue weighted by Gasteiger charge is -1.93. The van der Waals surface area contributed by atoms with Gasteiger partial charge in [0, 0.05) is 6.20 Å². The molecule has 0 spiro atoms. The largest absolute Gasteiger partial charge is 0.251 e. The van der Waals surface area contributed by atoms with Crippen molar-refractivity contribution in [3.63, 3.8) is 0 Å². The summed E-state index contributed by atoms with van der Waals surface area (Å²) in [5.41, 5.74) is 1.07. The minimum atomic E-state index is 0.729. The number of rotatable bonds is 2. The normalized spacial score (nSPS) is 13.7. The van der Waals surface area contributed by atoms with Crippen molar-refractivity contribution >= 4 is 17.7 Å². The van der Waals surface area contributed by atoms with Gasteiger partial charge in [0.2, 0.25) is 0 Å². The number of nitrogens with zero attached hydrogens (tertiary/aromatic N) is 1. The Morgan fingerprint density at radius 1 is 1.67 bits per heavy atom. The summed E-state index contributed by atoms with van der Waals surface area (Å²) in [7, 11) is 0. The maximum absolute atomic E-state index is 4.10. The van der Waals surface area contributed by atoms with E-state index in [1.165, 1.54) is 6.20 Å². The molecule has 1 nitrogen and oxygen atoms in total. The summed E-state index contributed by atoms with van der Waals surface area (Å²) >= 11 is 4.10. The number of thiol groups is 1. The van der Waals surface area contributed by atoms with Gasteiger partial charge in [-0.3, -0.25) is 4.99 Å². The minimum Gasteiger partial charge on any atom is -0.251 e. The van der Waals surface area contributed by atoms with E-state index in [2.05, 4.69) is 24.2 Å². The van der Waals surface area contributed by atoms with E-state index < -0.39 is 0 Å². The van der Waals surface area contributed by atoms with Crippen LogP contribution in [0.3, 0.4) is 0 Å². The molecule has 0 aliphatic heterocycles. The highest BCUT2D eigenvalue weighted by Crippen LogP contribution is 2.00. The number of aliphatic imine (C=N–C) groups is 1. The van der Waals surface area contributed by atoms with Gasteiger partial charge in [-0.25, -0.2) is 0 Å². The van der Waals surface area contributed by atoms with E-state index in [4.69, 9.17) is 0 Å². The van der Waals surface area contributed by atoms with Crippen molar-refractivity contribution in [1.29, 1.82) is 0 Å². The fourth-order valence-electron chi connectivity index (χ4n) is 0.317. The molecule has 0 saturated heterocycles. The van der Waals surface area contributed by atoms with Gasteiger partial charge < -0.3 is 0 Å². The lowest BCUT2D eigenvalue weighted by Crippen LogP contribution is -1.86. The van der Waals surface area contributed by atoms with Gasteiger partial charge in [0.25, 0.3) is 0 Å². The third kappa shape index (κ3) is 3.14. The smallest absolute Gasteiger partial charge is 0.0954 e. The molecule has 0 heterocycles. The Morgan fingerprint density at radius 3 is 2.56 bits per heavy atom. The van der Waals surface area contributed by atoms with Crippen LogP contribution in [0.15, 0.2) is 29.4 Å². The summed E-state index contributed by atoms with van der Waals surface area (Å²) in [6.45, 7) is 7.36. The molecule has 0 bridgehead atoms. The Labute approximate surface area is 61.6 Å². The standard InChI is InChI=1S/C7H11NS/c1-4-6(3)7(9)8-5-2/h4-5H,2H2,1,3H3,(H,8,9)/b6-4-. The zero-order valence-corrected chi connectivity index (χ0v) is 6.65. The average Bonchev–Trinajstić information content (AvgIpc) is 1.87. The molecule has 0 amide bonds. The summed E-state index contributed by atoms with van der Waals surface area (Å²) in [4.78, 5) is 3.87. The predicted octanol–water partition coefficient (Wildman–Crippen LogP) is 2.42. The van der Waals surface area contributed by atoms with Crippen molar-refractivity contribution in [3.05, 3.63) is 24.4 Å². The Kier molecular flexibility index (Phi) is 4.14. The van der Waals surface area contributed by atoms with Crippen LogP contribution in [-0.2, 0) is 0 Å². The van der Waals surface area contributed by atoms with E-state index in [0.717, 1.165) is 10.6 Å². The molecule has 0 rings (SSSR count). The second kappa shape index (κ2) is 4.39. The molecular weight excluding hydrogens is 130 g/mol. The highest BCUT2D eigenvalue weighted by Gasteiger charge is 1.89. The molecule has 0 atom stereocenters. The molecule has 0 fully saturated rings. The molecule has 0 aliphatic rings. The summed E-state index contributed by atoms with van der Waals surface area (Å²) in [6, 6.07) is 0. The van der Waals surface area contributed by atoms with E-state index in [-0.39, 0.29) is 0 Å². The molecule has 0 aromatic rings. The van der Waals surface area contributed by atoms with Crippen molar-refractivity contribution in [2.45, 2.75) is 13.8 Å². The van der Waals surface area contributed by atoms with Crippen LogP contribution in [0, 0.1) is 0 Å². The minimum absolute atomic E-state index is 0.729. The highest BCUT2D eigenvalue weighted by atomic mass is 32.1. The Balaban J connectivity index is 4.19. The van der Waals surface area contributed by atoms with Crippen LogP contribution in [0.25, 0.3) is 0 Å². The van der Waals surface area contributed by atoms with Gasteiger partial charge in [-0.1, -0.05) is 12.7 Å². The van der Waals surface area contributed by atoms with E-state index in [1.807, 2.05) is 19.9 Å². The van der Waals surface area contributed by atoms with Crippen LogP contribution >= 0.6 is 12.6 Å². The van der Waals surface area contributed by atoms with Gasteiger partial charge in [-0.2, -0.15) is 0 Å². The van der Waals surface area contributed by atoms with Crippen LogP contribution < -0.4 is 0 Å². The van der Waals surface area contributed by atoms with Gasteiger partial charge in [-0.05, 0) is 19.4 Å². The lowest BCUT2D eigenvalue weighted by molar-refractivity contribution is 1.50. The Bertz CT molecular complexity index is 156. The topological polar surface area (TPSA) is 12.4 Å². The molecule has 0 aromatic carbocycles.